The van der Waals surface area contributed by atoms with Crippen molar-refractivity contribution in [3.05, 3.63) is 47.4 Å². The van der Waals surface area contributed by atoms with E-state index in [1.165, 1.54) is 25.9 Å². The third-order valence-electron chi connectivity index (χ3n) is 5.57. The molecule has 1 amide bonds. The second kappa shape index (κ2) is 8.71. The fourth-order valence-corrected chi connectivity index (χ4v) is 3.84. The number of nitrogens with one attached hydrogen (secondary N) is 2. The number of H-pyrrole nitrogens is 1. The summed E-state index contributed by atoms with van der Waals surface area (Å²) >= 11 is 0. The van der Waals surface area contributed by atoms with Crippen LogP contribution in [0, 0.1) is 13.8 Å². The molecule has 0 atom stereocenters. The van der Waals surface area contributed by atoms with E-state index in [1.54, 1.807) is 6.07 Å². The summed E-state index contributed by atoms with van der Waals surface area (Å²) in [7, 11) is 1.89. The molecule has 8 heteroatoms. The van der Waals surface area contributed by atoms with Gasteiger partial charge in [-0.25, -0.2) is 0 Å². The fourth-order valence-electron chi connectivity index (χ4n) is 3.84. The molecule has 8 nitrogen and oxygen atoms in total. The number of hydrogen-bond acceptors (Lipinski definition) is 5. The van der Waals surface area contributed by atoms with Gasteiger partial charge < -0.3 is 10.1 Å². The molecule has 30 heavy (non-hydrogen) atoms. The fraction of sp³-hybridized carbons (Fsp3) is 0.409. The maximum atomic E-state index is 12.6. The lowest BCUT2D eigenvalue weighted by Crippen LogP contribution is -2.25. The van der Waals surface area contributed by atoms with Crippen LogP contribution in [0.2, 0.25) is 0 Å². The van der Waals surface area contributed by atoms with Crippen LogP contribution in [0.1, 0.15) is 34.7 Å². The molecule has 4 rings (SSSR count). The molecule has 3 heterocycles. The van der Waals surface area contributed by atoms with Gasteiger partial charge in [-0.1, -0.05) is 0 Å². The number of likely N-dealkylation sites (tertiary alicyclic amines) is 1. The van der Waals surface area contributed by atoms with Gasteiger partial charge in [-0.15, -0.1) is 0 Å². The first-order valence-electron chi connectivity index (χ1n) is 10.3. The predicted octanol–water partition coefficient (Wildman–Crippen LogP) is 3.15. The molecule has 158 valence electrons. The Kier molecular flexibility index (Phi) is 5.85. The Morgan fingerprint density at radius 1 is 1.20 bits per heavy atom. The summed E-state index contributed by atoms with van der Waals surface area (Å²) in [6.45, 7) is 7.89. The molecule has 0 unspecified atom stereocenters. The van der Waals surface area contributed by atoms with Gasteiger partial charge in [-0.3, -0.25) is 19.5 Å². The van der Waals surface area contributed by atoms with Gasteiger partial charge in [-0.05, 0) is 70.1 Å². The van der Waals surface area contributed by atoms with Crippen LogP contribution in [0.25, 0.3) is 11.3 Å². The standard InChI is InChI=1S/C22H28N6O2/c1-15-21(16(2)27(3)26-15)19-14-20(25-24-19)22(29)23-17-6-8-18(9-7-17)30-13-12-28-10-4-5-11-28/h6-9,14H,4-5,10-13H2,1-3H3,(H,23,29)(H,24,25). The van der Waals surface area contributed by atoms with Gasteiger partial charge in [0.1, 0.15) is 18.1 Å². The topological polar surface area (TPSA) is 88.1 Å². The molecule has 1 aliphatic rings. The first-order valence-corrected chi connectivity index (χ1v) is 10.3. The van der Waals surface area contributed by atoms with Crippen molar-refractivity contribution in [2.24, 2.45) is 7.05 Å². The Labute approximate surface area is 176 Å². The van der Waals surface area contributed by atoms with E-state index < -0.39 is 0 Å². The molecule has 0 radical (unpaired) electrons. The lowest BCUT2D eigenvalue weighted by molar-refractivity contribution is 0.102. The minimum Gasteiger partial charge on any atom is -0.492 e. The maximum Gasteiger partial charge on any atom is 0.273 e. The molecule has 1 aromatic carbocycles. The number of rotatable bonds is 7. The van der Waals surface area contributed by atoms with Crippen molar-refractivity contribution in [2.75, 3.05) is 31.6 Å². The summed E-state index contributed by atoms with van der Waals surface area (Å²) in [4.78, 5) is 15.0. The van der Waals surface area contributed by atoms with Crippen LogP contribution in [0.3, 0.4) is 0 Å². The summed E-state index contributed by atoms with van der Waals surface area (Å²) in [5.41, 5.74) is 4.66. The minimum atomic E-state index is -0.240. The van der Waals surface area contributed by atoms with Crippen LogP contribution >= 0.6 is 0 Å². The second-order valence-electron chi connectivity index (χ2n) is 7.71. The maximum absolute atomic E-state index is 12.6. The SMILES string of the molecule is Cc1nn(C)c(C)c1-c1cc(C(=O)Nc2ccc(OCCN3CCCC3)cc2)[nH]n1. The molecule has 2 N–H and O–H groups in total. The zero-order valence-electron chi connectivity index (χ0n) is 17.7. The number of carbonyl (C=O) groups excluding carboxylic acids is 1. The highest BCUT2D eigenvalue weighted by atomic mass is 16.5. The van der Waals surface area contributed by atoms with Crippen molar-refractivity contribution in [3.63, 3.8) is 0 Å². The van der Waals surface area contributed by atoms with Crippen LogP contribution in [0.4, 0.5) is 5.69 Å². The highest BCUT2D eigenvalue weighted by Crippen LogP contribution is 2.25. The second-order valence-corrected chi connectivity index (χ2v) is 7.71. The van der Waals surface area contributed by atoms with Crippen LogP contribution in [0.5, 0.6) is 5.75 Å². The Hall–Kier alpha value is -3.13. The molecule has 0 saturated carbocycles. The normalized spacial score (nSPS) is 14.2. The Morgan fingerprint density at radius 3 is 2.60 bits per heavy atom. The lowest BCUT2D eigenvalue weighted by atomic mass is 10.1. The number of aromatic nitrogens is 4. The number of amides is 1. The molecule has 1 aliphatic heterocycles. The Morgan fingerprint density at radius 2 is 1.93 bits per heavy atom. The molecule has 0 spiro atoms. The van der Waals surface area contributed by atoms with Gasteiger partial charge in [0, 0.05) is 30.5 Å². The molecule has 2 aromatic heterocycles. The molecule has 0 aliphatic carbocycles. The average molecular weight is 409 g/mol. The van der Waals surface area contributed by atoms with Gasteiger partial charge in [0.2, 0.25) is 0 Å². The number of hydrogen-bond donors (Lipinski definition) is 2. The average Bonchev–Trinajstić information content (AvgIpc) is 3.46. The number of ether oxygens (including phenoxy) is 1. The van der Waals surface area contributed by atoms with Crippen molar-refractivity contribution in [1.29, 1.82) is 0 Å². The van der Waals surface area contributed by atoms with E-state index in [1.807, 2.05) is 49.8 Å². The zero-order valence-corrected chi connectivity index (χ0v) is 17.7. The zero-order chi connectivity index (χ0) is 21.1. The van der Waals surface area contributed by atoms with Gasteiger partial charge in [0.25, 0.3) is 5.91 Å². The number of nitrogens with zero attached hydrogens (tertiary/aromatic N) is 4. The van der Waals surface area contributed by atoms with E-state index in [4.69, 9.17) is 4.74 Å². The number of aryl methyl sites for hydroxylation is 2. The first kappa shape index (κ1) is 20.2. The number of anilines is 1. The molecular formula is C22H28N6O2. The molecule has 1 fully saturated rings. The first-order chi connectivity index (χ1) is 14.5. The number of aromatic amines is 1. The van der Waals surface area contributed by atoms with E-state index in [9.17, 15) is 4.79 Å². The van der Waals surface area contributed by atoms with Crippen LogP contribution in [-0.2, 0) is 7.05 Å². The van der Waals surface area contributed by atoms with Crippen LogP contribution in [-0.4, -0.2) is 57.0 Å². The van der Waals surface area contributed by atoms with E-state index in [0.29, 0.717) is 23.7 Å². The highest BCUT2D eigenvalue weighted by Gasteiger charge is 2.17. The molecule has 1 saturated heterocycles. The van der Waals surface area contributed by atoms with Crippen molar-refractivity contribution in [1.82, 2.24) is 24.9 Å². The van der Waals surface area contributed by atoms with Crippen molar-refractivity contribution < 1.29 is 9.53 Å². The van der Waals surface area contributed by atoms with Gasteiger partial charge >= 0.3 is 0 Å². The summed E-state index contributed by atoms with van der Waals surface area (Å²) in [5.74, 6) is 0.564. The highest BCUT2D eigenvalue weighted by molar-refractivity contribution is 6.03. The molecule has 0 bridgehead atoms. The summed E-state index contributed by atoms with van der Waals surface area (Å²) in [5, 5.41) is 14.4. The van der Waals surface area contributed by atoms with Crippen molar-refractivity contribution >= 4 is 11.6 Å². The van der Waals surface area contributed by atoms with Crippen molar-refractivity contribution in [2.45, 2.75) is 26.7 Å². The molecular weight excluding hydrogens is 380 g/mol. The van der Waals surface area contributed by atoms with Crippen LogP contribution in [0.15, 0.2) is 30.3 Å². The monoisotopic (exact) mass is 408 g/mol. The van der Waals surface area contributed by atoms with E-state index in [0.717, 1.165) is 29.2 Å². The predicted molar refractivity (Wildman–Crippen MR) is 116 cm³/mol. The lowest BCUT2D eigenvalue weighted by Gasteiger charge is -2.15. The third kappa shape index (κ3) is 4.38. The van der Waals surface area contributed by atoms with Gasteiger partial charge in [0.15, 0.2) is 0 Å². The smallest absolute Gasteiger partial charge is 0.273 e. The van der Waals surface area contributed by atoms with E-state index in [2.05, 4.69) is 25.5 Å². The Balaban J connectivity index is 1.34. The minimum absolute atomic E-state index is 0.240. The van der Waals surface area contributed by atoms with Crippen molar-refractivity contribution in [3.8, 4) is 17.0 Å². The van der Waals surface area contributed by atoms with E-state index >= 15 is 0 Å². The summed E-state index contributed by atoms with van der Waals surface area (Å²) in [6.07, 6.45) is 2.57. The Bertz CT molecular complexity index is 1010. The summed E-state index contributed by atoms with van der Waals surface area (Å²) < 4.78 is 7.62. The van der Waals surface area contributed by atoms with Crippen LogP contribution < -0.4 is 10.1 Å². The number of carbonyl (C=O) groups is 1. The summed E-state index contributed by atoms with van der Waals surface area (Å²) in [6, 6.07) is 9.19. The van der Waals surface area contributed by atoms with Gasteiger partial charge in [0.05, 0.1) is 11.4 Å². The largest absolute Gasteiger partial charge is 0.492 e. The third-order valence-corrected chi connectivity index (χ3v) is 5.57. The number of benzene rings is 1. The van der Waals surface area contributed by atoms with E-state index in [-0.39, 0.29) is 5.91 Å². The quantitative estimate of drug-likeness (QED) is 0.627. The van der Waals surface area contributed by atoms with Gasteiger partial charge in [-0.2, -0.15) is 10.2 Å². The molecule has 3 aromatic rings.